The lowest BCUT2D eigenvalue weighted by Crippen LogP contribution is -2.43. The standard InChI is InChI=1S/C39H43N5O5/c45-26-29-12-14-30(15-13-29)36-22-33(25-43-20-18-32(19-21-43)44-35-9-5-4-8-34(35)42-39(44)47)48-37(49-36)31-16-10-28(11-17-31)24-41-38(46)40-23-27-6-2-1-3-7-27/h1-17,32-33,36-37,45H,18-26H2,(H,42,47)(H2,40,41,46)/t33-,36+,37+/m1/s1. The van der Waals surface area contributed by atoms with E-state index in [2.05, 4.69) is 20.5 Å². The van der Waals surface area contributed by atoms with Crippen molar-refractivity contribution >= 4 is 17.1 Å². The molecule has 0 radical (unpaired) electrons. The molecule has 0 unspecified atom stereocenters. The average molecular weight is 662 g/mol. The van der Waals surface area contributed by atoms with Crippen molar-refractivity contribution in [3.63, 3.8) is 0 Å². The number of rotatable bonds is 10. The second-order valence-electron chi connectivity index (χ2n) is 13.0. The number of benzene rings is 4. The smallest absolute Gasteiger partial charge is 0.326 e. The molecule has 7 rings (SSSR count). The van der Waals surface area contributed by atoms with Gasteiger partial charge in [0.2, 0.25) is 0 Å². The van der Waals surface area contributed by atoms with Crippen molar-refractivity contribution in [2.24, 2.45) is 0 Å². The Morgan fingerprint density at radius 2 is 1.41 bits per heavy atom. The van der Waals surface area contributed by atoms with E-state index in [0.29, 0.717) is 19.5 Å². The Morgan fingerprint density at radius 3 is 2.12 bits per heavy atom. The minimum Gasteiger partial charge on any atom is -0.392 e. The number of likely N-dealkylation sites (tertiary alicyclic amines) is 1. The maximum atomic E-state index is 12.8. The highest BCUT2D eigenvalue weighted by Gasteiger charge is 2.34. The third kappa shape index (κ3) is 7.95. The van der Waals surface area contributed by atoms with Gasteiger partial charge in [-0.3, -0.25) is 4.57 Å². The normalized spacial score (nSPS) is 20.3. The SMILES string of the molecule is O=C(NCc1ccccc1)NCc1ccc([C@H]2O[C@@H](CN3CCC(n4c(=O)[nH]c5ccccc54)CC3)C[C@@H](c3ccc(CO)cc3)O2)cc1. The van der Waals surface area contributed by atoms with E-state index in [1.807, 2.05) is 108 Å². The molecule has 2 saturated heterocycles. The van der Waals surface area contributed by atoms with Crippen LogP contribution >= 0.6 is 0 Å². The highest BCUT2D eigenvalue weighted by atomic mass is 16.7. The Bertz CT molecular complexity index is 1880. The van der Waals surface area contributed by atoms with Gasteiger partial charge >= 0.3 is 11.7 Å². The van der Waals surface area contributed by atoms with E-state index in [9.17, 15) is 14.7 Å². The summed E-state index contributed by atoms with van der Waals surface area (Å²) in [5.41, 5.74) is 6.64. The van der Waals surface area contributed by atoms with E-state index >= 15 is 0 Å². The number of urea groups is 1. The topological polar surface area (TPSA) is 121 Å². The van der Waals surface area contributed by atoms with Gasteiger partial charge in [0.05, 0.1) is 29.8 Å². The van der Waals surface area contributed by atoms with Crippen LogP contribution in [0.2, 0.25) is 0 Å². The van der Waals surface area contributed by atoms with Crippen molar-refractivity contribution in [3.05, 3.63) is 141 Å². The van der Waals surface area contributed by atoms with Crippen molar-refractivity contribution in [3.8, 4) is 0 Å². The number of carbonyl (C=O) groups is 1. The Kier molecular flexibility index (Phi) is 10.2. The van der Waals surface area contributed by atoms with Crippen LogP contribution in [0.3, 0.4) is 0 Å². The Labute approximate surface area is 285 Å². The van der Waals surface area contributed by atoms with E-state index in [1.165, 1.54) is 0 Å². The lowest BCUT2D eigenvalue weighted by atomic mass is 9.98. The second-order valence-corrected chi connectivity index (χ2v) is 13.0. The predicted molar refractivity (Wildman–Crippen MR) is 188 cm³/mol. The van der Waals surface area contributed by atoms with Crippen LogP contribution < -0.4 is 16.3 Å². The maximum Gasteiger partial charge on any atom is 0.326 e. The Morgan fingerprint density at radius 1 is 0.776 bits per heavy atom. The minimum absolute atomic E-state index is 0.00329. The van der Waals surface area contributed by atoms with Crippen molar-refractivity contribution in [1.29, 1.82) is 0 Å². The van der Waals surface area contributed by atoms with Gasteiger partial charge in [0.25, 0.3) is 0 Å². The van der Waals surface area contributed by atoms with E-state index in [1.54, 1.807) is 0 Å². The molecule has 10 nitrogen and oxygen atoms in total. The van der Waals surface area contributed by atoms with Gasteiger partial charge in [0.1, 0.15) is 0 Å². The predicted octanol–water partition coefficient (Wildman–Crippen LogP) is 5.70. The number of carbonyl (C=O) groups excluding carboxylic acids is 1. The summed E-state index contributed by atoms with van der Waals surface area (Å²) in [6.07, 6.45) is 1.69. The van der Waals surface area contributed by atoms with Gasteiger partial charge in [-0.25, -0.2) is 9.59 Å². The number of ether oxygens (including phenoxy) is 2. The molecule has 2 amide bonds. The average Bonchev–Trinajstić information content (AvgIpc) is 3.49. The molecule has 0 aliphatic carbocycles. The first-order valence-corrected chi connectivity index (χ1v) is 17.1. The number of hydrogen-bond acceptors (Lipinski definition) is 6. The molecule has 0 saturated carbocycles. The molecule has 1 aromatic heterocycles. The van der Waals surface area contributed by atoms with Crippen LogP contribution in [0, 0.1) is 0 Å². The maximum absolute atomic E-state index is 12.8. The zero-order valence-electron chi connectivity index (χ0n) is 27.5. The summed E-state index contributed by atoms with van der Waals surface area (Å²) < 4.78 is 15.1. The van der Waals surface area contributed by atoms with Crippen LogP contribution in [-0.4, -0.2) is 51.3 Å². The number of aliphatic hydroxyl groups excluding tert-OH is 1. The fourth-order valence-corrected chi connectivity index (χ4v) is 6.93. The number of H-pyrrole nitrogens is 1. The molecule has 5 aromatic rings. The van der Waals surface area contributed by atoms with Crippen LogP contribution in [0.4, 0.5) is 4.79 Å². The fourth-order valence-electron chi connectivity index (χ4n) is 6.93. The fraction of sp³-hybridized carbons (Fsp3) is 0.333. The Hall–Kier alpha value is -4.74. The van der Waals surface area contributed by atoms with Crippen LogP contribution in [0.5, 0.6) is 0 Å². The first kappa shape index (κ1) is 32.8. The van der Waals surface area contributed by atoms with E-state index < -0.39 is 6.29 Å². The molecule has 3 heterocycles. The Balaban J connectivity index is 0.987. The number of nitrogens with zero attached hydrogens (tertiary/aromatic N) is 2. The van der Waals surface area contributed by atoms with Gasteiger partial charge in [0.15, 0.2) is 6.29 Å². The number of aromatic nitrogens is 2. The molecule has 49 heavy (non-hydrogen) atoms. The van der Waals surface area contributed by atoms with Crippen LogP contribution in [0.1, 0.15) is 65.5 Å². The highest BCUT2D eigenvalue weighted by Crippen LogP contribution is 2.38. The molecule has 3 atom stereocenters. The third-order valence-electron chi connectivity index (χ3n) is 9.62. The summed E-state index contributed by atoms with van der Waals surface area (Å²) in [5, 5.41) is 15.4. The molecule has 2 fully saturated rings. The van der Waals surface area contributed by atoms with Crippen molar-refractivity contribution in [2.45, 2.75) is 63.5 Å². The largest absolute Gasteiger partial charge is 0.392 e. The number of para-hydroxylation sites is 2. The van der Waals surface area contributed by atoms with Gasteiger partial charge < -0.3 is 35.1 Å². The van der Waals surface area contributed by atoms with Crippen molar-refractivity contribution in [2.75, 3.05) is 19.6 Å². The third-order valence-corrected chi connectivity index (χ3v) is 9.62. The van der Waals surface area contributed by atoms with Gasteiger partial charge in [-0.1, -0.05) is 91.0 Å². The molecule has 2 aliphatic rings. The number of hydrogen-bond donors (Lipinski definition) is 4. The molecular weight excluding hydrogens is 618 g/mol. The van der Waals surface area contributed by atoms with E-state index in [4.69, 9.17) is 9.47 Å². The number of amides is 2. The lowest BCUT2D eigenvalue weighted by molar-refractivity contribution is -0.253. The van der Waals surface area contributed by atoms with Crippen LogP contribution in [-0.2, 0) is 29.2 Å². The van der Waals surface area contributed by atoms with E-state index in [0.717, 1.165) is 71.3 Å². The summed E-state index contributed by atoms with van der Waals surface area (Å²) in [6, 6.07) is 33.5. The molecule has 0 spiro atoms. The first-order valence-electron chi connectivity index (χ1n) is 17.1. The zero-order valence-corrected chi connectivity index (χ0v) is 27.5. The molecule has 0 bridgehead atoms. The summed E-state index contributed by atoms with van der Waals surface area (Å²) in [5.74, 6) is 0. The van der Waals surface area contributed by atoms with Gasteiger partial charge in [-0.05, 0) is 47.2 Å². The number of fused-ring (bicyclic) bond motifs is 1. The number of aliphatic hydroxyl groups is 1. The quantitative estimate of drug-likeness (QED) is 0.152. The van der Waals surface area contributed by atoms with Gasteiger partial charge in [0, 0.05) is 50.7 Å². The number of imidazole rings is 1. The monoisotopic (exact) mass is 661 g/mol. The van der Waals surface area contributed by atoms with Gasteiger partial charge in [-0.2, -0.15) is 0 Å². The second kappa shape index (κ2) is 15.2. The molecule has 10 heteroatoms. The van der Waals surface area contributed by atoms with Crippen LogP contribution in [0.15, 0.2) is 108 Å². The number of aromatic amines is 1. The first-order chi connectivity index (χ1) is 24.0. The van der Waals surface area contributed by atoms with Crippen molar-refractivity contribution < 1.29 is 19.4 Å². The van der Waals surface area contributed by atoms with Crippen molar-refractivity contribution in [1.82, 2.24) is 25.1 Å². The molecule has 4 aromatic carbocycles. The zero-order chi connectivity index (χ0) is 33.6. The van der Waals surface area contributed by atoms with Crippen LogP contribution in [0.25, 0.3) is 11.0 Å². The highest BCUT2D eigenvalue weighted by molar-refractivity contribution is 5.75. The summed E-state index contributed by atoms with van der Waals surface area (Å²) >= 11 is 0. The molecular formula is C39H43N5O5. The minimum atomic E-state index is -0.556. The van der Waals surface area contributed by atoms with E-state index in [-0.39, 0.29) is 36.6 Å². The summed E-state index contributed by atoms with van der Waals surface area (Å²) in [6.45, 7) is 3.37. The number of nitrogens with one attached hydrogen (secondary N) is 3. The lowest BCUT2D eigenvalue weighted by Gasteiger charge is -2.40. The summed E-state index contributed by atoms with van der Waals surface area (Å²) in [7, 11) is 0. The van der Waals surface area contributed by atoms with Gasteiger partial charge in [-0.15, -0.1) is 0 Å². The molecule has 2 aliphatic heterocycles. The number of piperidine rings is 1. The molecule has 254 valence electrons. The molecule has 4 N–H and O–H groups in total. The summed E-state index contributed by atoms with van der Waals surface area (Å²) in [4.78, 5) is 30.6.